The maximum Gasteiger partial charge on any atom is 0.150 e. The second kappa shape index (κ2) is 4.35. The van der Waals surface area contributed by atoms with Gasteiger partial charge in [-0.2, -0.15) is 0 Å². The van der Waals surface area contributed by atoms with E-state index in [1.165, 1.54) is 0 Å². The van der Waals surface area contributed by atoms with Crippen LogP contribution in [-0.4, -0.2) is 40.7 Å². The molecule has 1 N–H and O–H groups in total. The molecule has 6 heteroatoms. The van der Waals surface area contributed by atoms with Crippen molar-refractivity contribution in [3.05, 3.63) is 17.7 Å². The lowest BCUT2D eigenvalue weighted by Gasteiger charge is -2.18. The fourth-order valence-electron chi connectivity index (χ4n) is 2.91. The fourth-order valence-corrected chi connectivity index (χ4v) is 4.77. The molecule has 0 bridgehead atoms. The maximum atomic E-state index is 11.4. The smallest absolute Gasteiger partial charge is 0.150 e. The van der Waals surface area contributed by atoms with Gasteiger partial charge in [0.2, 0.25) is 0 Å². The Morgan fingerprint density at radius 2 is 2.28 bits per heavy atom. The number of hydrogen-bond donors (Lipinski definition) is 1. The summed E-state index contributed by atoms with van der Waals surface area (Å²) in [5, 5.41) is 9.59. The van der Waals surface area contributed by atoms with E-state index in [0.717, 1.165) is 37.2 Å². The summed E-state index contributed by atoms with van der Waals surface area (Å²) in [7, 11) is -2.80. The predicted octanol–water partition coefficient (Wildman–Crippen LogP) is 0.167. The number of rotatable bonds is 2. The van der Waals surface area contributed by atoms with Crippen LogP contribution in [-0.2, 0) is 29.2 Å². The molecule has 3 heterocycles. The third-order valence-electron chi connectivity index (χ3n) is 3.84. The highest BCUT2D eigenvalue weighted by atomic mass is 32.2. The van der Waals surface area contributed by atoms with E-state index in [-0.39, 0.29) is 12.0 Å². The van der Waals surface area contributed by atoms with E-state index in [1.54, 1.807) is 0 Å². The maximum absolute atomic E-state index is 11.4. The molecule has 2 atom stereocenters. The lowest BCUT2D eigenvalue weighted by atomic mass is 10.0. The number of aliphatic hydroxyl groups excluding tert-OH is 1. The van der Waals surface area contributed by atoms with E-state index in [0.29, 0.717) is 18.1 Å². The van der Waals surface area contributed by atoms with Gasteiger partial charge < -0.3 is 9.67 Å². The first-order valence-electron chi connectivity index (χ1n) is 6.45. The van der Waals surface area contributed by atoms with Crippen molar-refractivity contribution in [2.45, 2.75) is 38.3 Å². The third kappa shape index (κ3) is 2.44. The average Bonchev–Trinajstić information content (AvgIpc) is 2.81. The molecule has 1 aromatic rings. The lowest BCUT2D eigenvalue weighted by Crippen LogP contribution is -2.23. The van der Waals surface area contributed by atoms with Crippen molar-refractivity contribution < 1.29 is 13.5 Å². The number of aliphatic hydroxyl groups is 1. The molecule has 0 aromatic carbocycles. The van der Waals surface area contributed by atoms with Gasteiger partial charge in [-0.25, -0.2) is 13.4 Å². The number of hydrogen-bond acceptors (Lipinski definition) is 4. The van der Waals surface area contributed by atoms with E-state index < -0.39 is 9.84 Å². The van der Waals surface area contributed by atoms with Crippen LogP contribution in [0.1, 0.15) is 24.4 Å². The van der Waals surface area contributed by atoms with E-state index in [2.05, 4.69) is 4.98 Å². The lowest BCUT2D eigenvalue weighted by molar-refractivity contribution is 0.130. The first-order chi connectivity index (χ1) is 8.52. The average molecular weight is 270 g/mol. The molecule has 2 unspecified atom stereocenters. The number of sulfone groups is 1. The summed E-state index contributed by atoms with van der Waals surface area (Å²) in [4.78, 5) is 4.55. The highest BCUT2D eigenvalue weighted by Crippen LogP contribution is 2.23. The Morgan fingerprint density at radius 1 is 1.44 bits per heavy atom. The zero-order valence-electron chi connectivity index (χ0n) is 10.2. The molecule has 2 aliphatic rings. The molecular weight excluding hydrogens is 252 g/mol. The standard InChI is InChI=1S/C12H18N2O3S/c15-11-1-2-12-13-10(6-14(12)7-11)5-9-3-4-18(16,17)8-9/h6,9,11,15H,1-5,7-8H2. The number of nitrogens with zero attached hydrogens (tertiary/aromatic N) is 2. The largest absolute Gasteiger partial charge is 0.391 e. The van der Waals surface area contributed by atoms with Gasteiger partial charge in [0, 0.05) is 19.2 Å². The van der Waals surface area contributed by atoms with Crippen molar-refractivity contribution in [3.63, 3.8) is 0 Å². The molecule has 1 aromatic heterocycles. The molecule has 1 fully saturated rings. The summed E-state index contributed by atoms with van der Waals surface area (Å²) < 4.78 is 24.8. The van der Waals surface area contributed by atoms with Gasteiger partial charge in [0.1, 0.15) is 5.82 Å². The van der Waals surface area contributed by atoms with Gasteiger partial charge in [0.15, 0.2) is 9.84 Å². The molecule has 0 radical (unpaired) electrons. The minimum Gasteiger partial charge on any atom is -0.391 e. The fraction of sp³-hybridized carbons (Fsp3) is 0.750. The van der Waals surface area contributed by atoms with Gasteiger partial charge in [-0.3, -0.25) is 0 Å². The molecular formula is C12H18N2O3S. The highest BCUT2D eigenvalue weighted by molar-refractivity contribution is 7.91. The Bertz CT molecular complexity index is 550. The molecule has 0 spiro atoms. The van der Waals surface area contributed by atoms with Crippen molar-refractivity contribution in [2.75, 3.05) is 11.5 Å². The van der Waals surface area contributed by atoms with Gasteiger partial charge >= 0.3 is 0 Å². The van der Waals surface area contributed by atoms with Crippen molar-refractivity contribution in [1.82, 2.24) is 9.55 Å². The van der Waals surface area contributed by atoms with Crippen molar-refractivity contribution in [3.8, 4) is 0 Å². The quantitative estimate of drug-likeness (QED) is 0.831. The van der Waals surface area contributed by atoms with Gasteiger partial charge in [-0.05, 0) is 25.2 Å². The minimum absolute atomic E-state index is 0.219. The summed E-state index contributed by atoms with van der Waals surface area (Å²) in [6.45, 7) is 0.616. The SMILES string of the molecule is O=S1(=O)CCC(Cc2cn3c(n2)CCC(O)C3)C1. The number of aryl methyl sites for hydroxylation is 1. The van der Waals surface area contributed by atoms with Crippen molar-refractivity contribution in [1.29, 1.82) is 0 Å². The van der Waals surface area contributed by atoms with Crippen LogP contribution in [0.15, 0.2) is 6.20 Å². The Morgan fingerprint density at radius 3 is 3.00 bits per heavy atom. The van der Waals surface area contributed by atoms with Crippen LogP contribution < -0.4 is 0 Å². The van der Waals surface area contributed by atoms with Gasteiger partial charge in [0.25, 0.3) is 0 Å². The van der Waals surface area contributed by atoms with Gasteiger partial charge in [-0.15, -0.1) is 0 Å². The molecule has 2 aliphatic heterocycles. The Balaban J connectivity index is 1.71. The predicted molar refractivity (Wildman–Crippen MR) is 67.0 cm³/mol. The normalized spacial score (nSPS) is 30.3. The van der Waals surface area contributed by atoms with Crippen LogP contribution in [0.4, 0.5) is 0 Å². The van der Waals surface area contributed by atoms with Gasteiger partial charge in [0.05, 0.1) is 23.3 Å². The van der Waals surface area contributed by atoms with Crippen LogP contribution in [0, 0.1) is 5.92 Å². The molecule has 18 heavy (non-hydrogen) atoms. The zero-order chi connectivity index (χ0) is 12.8. The molecule has 0 amide bonds. The summed E-state index contributed by atoms with van der Waals surface area (Å²) in [6.07, 6.45) is 4.79. The molecule has 0 aliphatic carbocycles. The Labute approximate surface area is 107 Å². The Hall–Kier alpha value is -0.880. The summed E-state index contributed by atoms with van der Waals surface area (Å²) in [6, 6.07) is 0. The summed E-state index contributed by atoms with van der Waals surface area (Å²) >= 11 is 0. The van der Waals surface area contributed by atoms with Crippen LogP contribution in [0.2, 0.25) is 0 Å². The number of fused-ring (bicyclic) bond motifs is 1. The van der Waals surface area contributed by atoms with Crippen LogP contribution in [0.25, 0.3) is 0 Å². The molecule has 0 saturated carbocycles. The van der Waals surface area contributed by atoms with Crippen molar-refractivity contribution >= 4 is 9.84 Å². The monoisotopic (exact) mass is 270 g/mol. The first kappa shape index (κ1) is 12.2. The topological polar surface area (TPSA) is 72.2 Å². The second-order valence-corrected chi connectivity index (χ2v) is 7.70. The van der Waals surface area contributed by atoms with Gasteiger partial charge in [-0.1, -0.05) is 0 Å². The number of imidazole rings is 1. The third-order valence-corrected chi connectivity index (χ3v) is 5.68. The van der Waals surface area contributed by atoms with Crippen LogP contribution in [0.3, 0.4) is 0 Å². The van der Waals surface area contributed by atoms with Crippen LogP contribution in [0.5, 0.6) is 0 Å². The van der Waals surface area contributed by atoms with E-state index in [1.807, 2.05) is 10.8 Å². The van der Waals surface area contributed by atoms with Crippen molar-refractivity contribution in [2.24, 2.45) is 5.92 Å². The van der Waals surface area contributed by atoms with E-state index >= 15 is 0 Å². The van der Waals surface area contributed by atoms with E-state index in [9.17, 15) is 13.5 Å². The molecule has 100 valence electrons. The number of aromatic nitrogens is 2. The van der Waals surface area contributed by atoms with Crippen LogP contribution >= 0.6 is 0 Å². The van der Waals surface area contributed by atoms with E-state index in [4.69, 9.17) is 0 Å². The molecule has 1 saturated heterocycles. The highest BCUT2D eigenvalue weighted by Gasteiger charge is 2.29. The minimum atomic E-state index is -2.80. The first-order valence-corrected chi connectivity index (χ1v) is 8.27. The molecule has 5 nitrogen and oxygen atoms in total. The second-order valence-electron chi connectivity index (χ2n) is 5.47. The summed E-state index contributed by atoms with van der Waals surface area (Å²) in [5.41, 5.74) is 0.973. The summed E-state index contributed by atoms with van der Waals surface area (Å²) in [5.74, 6) is 1.87. The Kier molecular flexibility index (Phi) is 2.94. The molecule has 3 rings (SSSR count). The zero-order valence-corrected chi connectivity index (χ0v) is 11.1.